The van der Waals surface area contributed by atoms with Crippen LogP contribution in [0.5, 0.6) is 0 Å². The number of pyridine rings is 1. The molecule has 0 saturated heterocycles. The molecule has 0 N–H and O–H groups in total. The second kappa shape index (κ2) is 9.69. The van der Waals surface area contributed by atoms with Gasteiger partial charge in [0.25, 0.3) is 0 Å². The van der Waals surface area contributed by atoms with Crippen molar-refractivity contribution >= 4 is 40.3 Å². The van der Waals surface area contributed by atoms with Gasteiger partial charge in [-0.05, 0) is 35.3 Å². The summed E-state index contributed by atoms with van der Waals surface area (Å²) >= 11 is 8.80. The predicted octanol–water partition coefficient (Wildman–Crippen LogP) is 3.09. The molecule has 0 fully saturated rings. The van der Waals surface area contributed by atoms with Crippen LogP contribution in [0.2, 0.25) is 0 Å². The molecule has 1 aromatic rings. The Labute approximate surface area is 80.9 Å². The van der Waals surface area contributed by atoms with E-state index in [9.17, 15) is 0 Å². The molecular formula is C6H6Cl3NO. The van der Waals surface area contributed by atoms with Crippen LogP contribution < -0.4 is 0 Å². The number of carbonyl (C=O) groups excluding carboxylic acids is 1. The molecule has 0 saturated carbocycles. The third kappa shape index (κ3) is 17.7. The number of halogens is 3. The van der Waals surface area contributed by atoms with Crippen LogP contribution in [0.3, 0.4) is 0 Å². The van der Waals surface area contributed by atoms with Crippen molar-refractivity contribution in [1.29, 1.82) is 0 Å². The molecule has 0 spiro atoms. The minimum absolute atomic E-state index is 0. The van der Waals surface area contributed by atoms with Crippen LogP contribution in [-0.4, -0.2) is 9.69 Å². The number of rotatable bonds is 0. The lowest BCUT2D eigenvalue weighted by Gasteiger charge is -1.70. The van der Waals surface area contributed by atoms with Crippen molar-refractivity contribution < 1.29 is 4.79 Å². The first-order chi connectivity index (χ1) is 4.73. The topological polar surface area (TPSA) is 30.0 Å². The first kappa shape index (κ1) is 13.3. The minimum atomic E-state index is -0.889. The van der Waals surface area contributed by atoms with Gasteiger partial charge in [0.05, 0.1) is 0 Å². The van der Waals surface area contributed by atoms with E-state index in [4.69, 9.17) is 4.79 Å². The van der Waals surface area contributed by atoms with Crippen LogP contribution >= 0.6 is 35.6 Å². The van der Waals surface area contributed by atoms with Gasteiger partial charge in [0, 0.05) is 12.4 Å². The first-order valence-corrected chi connectivity index (χ1v) is 3.19. The SMILES string of the molecule is Cl.O=C(Cl)Cl.c1ccncc1. The lowest BCUT2D eigenvalue weighted by molar-refractivity contribution is 0.275. The standard InChI is InChI=1S/C5H5N.CCl2O.ClH/c1-2-4-6-5-3-1;2-1(3)4;/h1-5H;;1H. The fourth-order valence-electron chi connectivity index (χ4n) is 0.313. The van der Waals surface area contributed by atoms with Gasteiger partial charge in [0.1, 0.15) is 0 Å². The molecule has 1 heterocycles. The second-order valence-corrected chi connectivity index (χ2v) is 2.13. The van der Waals surface area contributed by atoms with E-state index >= 15 is 0 Å². The van der Waals surface area contributed by atoms with Gasteiger partial charge in [-0.15, -0.1) is 12.4 Å². The summed E-state index contributed by atoms with van der Waals surface area (Å²) in [5, 5.41) is 0. The van der Waals surface area contributed by atoms with Crippen molar-refractivity contribution in [3.63, 3.8) is 0 Å². The summed E-state index contributed by atoms with van der Waals surface area (Å²) in [6.07, 6.45) is 3.50. The van der Waals surface area contributed by atoms with E-state index in [1.807, 2.05) is 18.2 Å². The lowest BCUT2D eigenvalue weighted by atomic mass is 10.5. The van der Waals surface area contributed by atoms with Crippen LogP contribution in [0.1, 0.15) is 0 Å². The molecular weight excluding hydrogens is 208 g/mol. The van der Waals surface area contributed by atoms with E-state index in [0.29, 0.717) is 0 Å². The summed E-state index contributed by atoms with van der Waals surface area (Å²) in [7, 11) is 0. The van der Waals surface area contributed by atoms with Gasteiger partial charge in [-0.25, -0.2) is 0 Å². The number of carbonyl (C=O) groups is 1. The monoisotopic (exact) mass is 213 g/mol. The van der Waals surface area contributed by atoms with Crippen molar-refractivity contribution in [3.05, 3.63) is 30.6 Å². The van der Waals surface area contributed by atoms with Crippen molar-refractivity contribution in [3.8, 4) is 0 Å². The Bertz CT molecular complexity index is 150. The van der Waals surface area contributed by atoms with Gasteiger partial charge >= 0.3 is 4.70 Å². The molecule has 62 valence electrons. The van der Waals surface area contributed by atoms with E-state index in [-0.39, 0.29) is 12.4 Å². The Balaban J connectivity index is 0. The summed E-state index contributed by atoms with van der Waals surface area (Å²) in [4.78, 5) is 12.8. The molecule has 0 aromatic carbocycles. The summed E-state index contributed by atoms with van der Waals surface area (Å²) in [6.45, 7) is 0. The maximum atomic E-state index is 8.98. The van der Waals surface area contributed by atoms with Gasteiger partial charge in [-0.2, -0.15) is 0 Å². The Morgan fingerprint density at radius 1 is 1.09 bits per heavy atom. The minimum Gasteiger partial charge on any atom is -0.265 e. The number of aromatic nitrogens is 1. The number of hydrogen-bond donors (Lipinski definition) is 0. The summed E-state index contributed by atoms with van der Waals surface area (Å²) in [6, 6.07) is 5.72. The number of nitrogens with zero attached hydrogens (tertiary/aromatic N) is 1. The highest BCUT2D eigenvalue weighted by Gasteiger charge is 1.72. The van der Waals surface area contributed by atoms with Crippen molar-refractivity contribution in [2.24, 2.45) is 0 Å². The van der Waals surface area contributed by atoms with Gasteiger partial charge in [-0.1, -0.05) is 6.07 Å². The van der Waals surface area contributed by atoms with Crippen LogP contribution in [0.15, 0.2) is 30.6 Å². The van der Waals surface area contributed by atoms with Crippen LogP contribution in [0.4, 0.5) is 4.79 Å². The molecule has 5 heteroatoms. The molecule has 0 aliphatic heterocycles. The van der Waals surface area contributed by atoms with Gasteiger partial charge in [0.2, 0.25) is 0 Å². The fraction of sp³-hybridized carbons (Fsp3) is 0. The zero-order valence-electron chi connectivity index (χ0n) is 5.41. The zero-order valence-corrected chi connectivity index (χ0v) is 7.73. The highest BCUT2D eigenvalue weighted by Crippen LogP contribution is 1.84. The van der Waals surface area contributed by atoms with Crippen molar-refractivity contribution in [2.75, 3.05) is 0 Å². The zero-order chi connectivity index (χ0) is 7.82. The Hall–Kier alpha value is -0.310. The van der Waals surface area contributed by atoms with Crippen LogP contribution in [0.25, 0.3) is 0 Å². The van der Waals surface area contributed by atoms with E-state index < -0.39 is 4.70 Å². The van der Waals surface area contributed by atoms with Gasteiger partial charge in [0.15, 0.2) is 0 Å². The molecule has 0 aliphatic carbocycles. The summed E-state index contributed by atoms with van der Waals surface area (Å²) in [5.41, 5.74) is 0. The van der Waals surface area contributed by atoms with E-state index in [1.54, 1.807) is 12.4 Å². The van der Waals surface area contributed by atoms with Crippen molar-refractivity contribution in [1.82, 2.24) is 4.98 Å². The van der Waals surface area contributed by atoms with E-state index in [1.165, 1.54) is 0 Å². The number of hydrogen-bond acceptors (Lipinski definition) is 2. The highest BCUT2D eigenvalue weighted by molar-refractivity contribution is 6.93. The predicted molar refractivity (Wildman–Crippen MR) is 48.6 cm³/mol. The largest absolute Gasteiger partial charge is 0.313 e. The van der Waals surface area contributed by atoms with Gasteiger partial charge < -0.3 is 0 Å². The molecule has 0 amide bonds. The molecule has 0 aliphatic rings. The average molecular weight is 214 g/mol. The molecule has 11 heavy (non-hydrogen) atoms. The summed E-state index contributed by atoms with van der Waals surface area (Å²) in [5.74, 6) is 0. The van der Waals surface area contributed by atoms with E-state index in [0.717, 1.165) is 0 Å². The Kier molecular flexibility index (Phi) is 11.7. The van der Waals surface area contributed by atoms with Gasteiger partial charge in [-0.3, -0.25) is 9.78 Å². The van der Waals surface area contributed by atoms with Crippen LogP contribution in [-0.2, 0) is 0 Å². The summed E-state index contributed by atoms with van der Waals surface area (Å²) < 4.78 is -0.889. The molecule has 1 aromatic heterocycles. The lowest BCUT2D eigenvalue weighted by Crippen LogP contribution is -1.58. The molecule has 0 bridgehead atoms. The third-order valence-electron chi connectivity index (χ3n) is 0.566. The van der Waals surface area contributed by atoms with Crippen molar-refractivity contribution in [2.45, 2.75) is 0 Å². The molecule has 0 atom stereocenters. The quantitative estimate of drug-likeness (QED) is 0.621. The molecule has 2 nitrogen and oxygen atoms in total. The molecule has 0 radical (unpaired) electrons. The van der Waals surface area contributed by atoms with E-state index in [2.05, 4.69) is 28.2 Å². The Morgan fingerprint density at radius 2 is 1.45 bits per heavy atom. The smallest absolute Gasteiger partial charge is 0.265 e. The second-order valence-electron chi connectivity index (χ2n) is 1.25. The van der Waals surface area contributed by atoms with Crippen LogP contribution in [0, 0.1) is 0 Å². The maximum Gasteiger partial charge on any atom is 0.313 e. The highest BCUT2D eigenvalue weighted by atomic mass is 35.5. The third-order valence-corrected chi connectivity index (χ3v) is 0.566. The average Bonchev–Trinajstić information content (AvgIpc) is 1.90. The maximum absolute atomic E-state index is 8.98. The molecule has 1 rings (SSSR count). The molecule has 0 unspecified atom stereocenters. The fourth-order valence-corrected chi connectivity index (χ4v) is 0.313. The first-order valence-electron chi connectivity index (χ1n) is 2.43. The normalized spacial score (nSPS) is 6.73. The Morgan fingerprint density at radius 3 is 1.55 bits per heavy atom.